The highest BCUT2D eigenvalue weighted by Crippen LogP contribution is 2.30. The minimum Gasteiger partial charge on any atom is -0.399 e. The molecule has 19 heavy (non-hydrogen) atoms. The van der Waals surface area contributed by atoms with E-state index >= 15 is 0 Å². The number of thiol groups is 1. The summed E-state index contributed by atoms with van der Waals surface area (Å²) in [6.45, 7) is 4.25. The van der Waals surface area contributed by atoms with Crippen LogP contribution >= 0.6 is 12.6 Å². The summed E-state index contributed by atoms with van der Waals surface area (Å²) in [5, 5.41) is 6.92. The second kappa shape index (κ2) is 5.45. The number of rotatable bonds is 1. The van der Waals surface area contributed by atoms with E-state index in [9.17, 15) is 4.79 Å². The lowest BCUT2D eigenvalue weighted by molar-refractivity contribution is 0.225. The van der Waals surface area contributed by atoms with Gasteiger partial charge < -0.3 is 4.74 Å². The Hall–Kier alpha value is -1.81. The zero-order chi connectivity index (χ0) is 14.0. The zero-order valence-electron chi connectivity index (χ0n) is 10.8. The average molecular weight is 273 g/mol. The Morgan fingerprint density at radius 1 is 1.42 bits per heavy atom. The van der Waals surface area contributed by atoms with Gasteiger partial charge >= 0.3 is 5.30 Å². The quantitative estimate of drug-likeness (QED) is 0.349. The maximum absolute atomic E-state index is 10.7. The van der Waals surface area contributed by atoms with E-state index in [-0.39, 0.29) is 5.90 Å². The van der Waals surface area contributed by atoms with Gasteiger partial charge in [0.15, 0.2) is 0 Å². The van der Waals surface area contributed by atoms with Gasteiger partial charge in [-0.05, 0) is 30.2 Å². The molecule has 0 heterocycles. The van der Waals surface area contributed by atoms with Gasteiger partial charge in [0.2, 0.25) is 5.90 Å². The van der Waals surface area contributed by atoms with Crippen molar-refractivity contribution < 1.29 is 9.53 Å². The molecule has 4 heteroatoms. The molecule has 0 spiro atoms. The van der Waals surface area contributed by atoms with Crippen molar-refractivity contribution in [3.63, 3.8) is 0 Å². The maximum atomic E-state index is 10.7. The number of hydrogen-bond donors (Lipinski definition) is 2. The molecule has 2 rings (SSSR count). The summed E-state index contributed by atoms with van der Waals surface area (Å²) in [5.74, 6) is 0.151. The fraction of sp³-hybridized carbons (Fsp3) is 0.200. The van der Waals surface area contributed by atoms with Crippen LogP contribution in [0.3, 0.4) is 0 Å². The van der Waals surface area contributed by atoms with E-state index in [0.29, 0.717) is 11.5 Å². The van der Waals surface area contributed by atoms with Gasteiger partial charge in [-0.1, -0.05) is 49.4 Å². The Bertz CT molecular complexity index is 602. The SMILES string of the molecule is CC1=CC=Cc2cc(C(=N)OC(=O)S)ccc2C1C. The van der Waals surface area contributed by atoms with Gasteiger partial charge in [-0.2, -0.15) is 0 Å². The summed E-state index contributed by atoms with van der Waals surface area (Å²) >= 11 is 3.51. The number of fused-ring (bicyclic) bond motifs is 1. The van der Waals surface area contributed by atoms with Crippen LogP contribution in [0.15, 0.2) is 35.9 Å². The van der Waals surface area contributed by atoms with Crippen molar-refractivity contribution in [2.24, 2.45) is 0 Å². The van der Waals surface area contributed by atoms with Crippen LogP contribution in [0.25, 0.3) is 6.08 Å². The molecule has 1 aromatic rings. The third-order valence-electron chi connectivity index (χ3n) is 3.32. The topological polar surface area (TPSA) is 50.1 Å². The van der Waals surface area contributed by atoms with Gasteiger partial charge in [0.25, 0.3) is 0 Å². The highest BCUT2D eigenvalue weighted by molar-refractivity contribution is 7.96. The first kappa shape index (κ1) is 13.6. The summed E-state index contributed by atoms with van der Waals surface area (Å²) in [6.07, 6.45) is 6.08. The molecule has 0 aromatic heterocycles. The van der Waals surface area contributed by atoms with E-state index in [4.69, 9.17) is 5.41 Å². The van der Waals surface area contributed by atoms with E-state index in [1.165, 1.54) is 11.1 Å². The molecule has 0 fully saturated rings. The third-order valence-corrected chi connectivity index (χ3v) is 3.41. The largest absolute Gasteiger partial charge is 0.399 e. The van der Waals surface area contributed by atoms with Crippen molar-refractivity contribution in [2.45, 2.75) is 19.8 Å². The van der Waals surface area contributed by atoms with Crippen molar-refractivity contribution in [3.8, 4) is 0 Å². The number of allylic oxidation sites excluding steroid dienone is 3. The summed E-state index contributed by atoms with van der Waals surface area (Å²) < 4.78 is 4.68. The number of carbonyl (C=O) groups excluding carboxylic acids is 1. The number of nitrogens with one attached hydrogen (secondary N) is 1. The van der Waals surface area contributed by atoms with Crippen LogP contribution in [0.5, 0.6) is 0 Å². The fourth-order valence-corrected chi connectivity index (χ4v) is 2.19. The van der Waals surface area contributed by atoms with Crippen LogP contribution in [0, 0.1) is 5.41 Å². The first-order valence-corrected chi connectivity index (χ1v) is 6.42. The smallest absolute Gasteiger partial charge is 0.370 e. The molecule has 1 N–H and O–H groups in total. The molecular formula is C15H15NO2S. The lowest BCUT2D eigenvalue weighted by Gasteiger charge is -2.15. The molecule has 1 aliphatic rings. The van der Waals surface area contributed by atoms with E-state index in [1.54, 1.807) is 6.07 Å². The molecule has 0 saturated heterocycles. The van der Waals surface area contributed by atoms with Crippen LogP contribution in [0.4, 0.5) is 4.79 Å². The summed E-state index contributed by atoms with van der Waals surface area (Å²) in [5.41, 5.74) is 4.10. The standard InChI is InChI=1S/C15H15NO2S/c1-9-4-3-5-11-8-12(14(16)18-15(17)19)6-7-13(11)10(9)2/h3-8,10,16H,1-2H3,(H,17,19). The third kappa shape index (κ3) is 2.96. The molecule has 0 radical (unpaired) electrons. The Labute approximate surface area is 117 Å². The molecule has 1 atom stereocenters. The summed E-state index contributed by atoms with van der Waals surface area (Å²) in [4.78, 5) is 10.7. The summed E-state index contributed by atoms with van der Waals surface area (Å²) in [6, 6.07) is 5.62. The molecule has 1 aliphatic carbocycles. The van der Waals surface area contributed by atoms with Crippen molar-refractivity contribution >= 4 is 29.9 Å². The first-order chi connectivity index (χ1) is 8.99. The minimum absolute atomic E-state index is 0.183. The predicted molar refractivity (Wildman–Crippen MR) is 79.9 cm³/mol. The van der Waals surface area contributed by atoms with E-state index in [2.05, 4.69) is 37.3 Å². The van der Waals surface area contributed by atoms with Crippen LogP contribution in [-0.4, -0.2) is 11.2 Å². The summed E-state index contributed by atoms with van der Waals surface area (Å²) in [7, 11) is 0. The van der Waals surface area contributed by atoms with Crippen LogP contribution in [-0.2, 0) is 4.74 Å². The lowest BCUT2D eigenvalue weighted by atomic mass is 9.90. The molecule has 3 nitrogen and oxygen atoms in total. The second-order valence-electron chi connectivity index (χ2n) is 4.53. The van der Waals surface area contributed by atoms with Gasteiger partial charge in [-0.25, -0.2) is 4.79 Å². The normalized spacial score (nSPS) is 17.2. The number of benzene rings is 1. The molecule has 1 unspecified atom stereocenters. The van der Waals surface area contributed by atoms with Gasteiger partial charge in [0, 0.05) is 11.5 Å². The maximum Gasteiger partial charge on any atom is 0.370 e. The molecule has 0 aliphatic heterocycles. The van der Waals surface area contributed by atoms with Crippen molar-refractivity contribution in [1.82, 2.24) is 0 Å². The fourth-order valence-electron chi connectivity index (χ4n) is 2.09. The minimum atomic E-state index is -0.777. The Morgan fingerprint density at radius 3 is 2.84 bits per heavy atom. The van der Waals surface area contributed by atoms with Crippen LogP contribution in [0.2, 0.25) is 0 Å². The molecular weight excluding hydrogens is 258 g/mol. The van der Waals surface area contributed by atoms with E-state index in [1.807, 2.05) is 24.3 Å². The van der Waals surface area contributed by atoms with Crippen LogP contribution < -0.4 is 0 Å². The Morgan fingerprint density at radius 2 is 2.16 bits per heavy atom. The first-order valence-electron chi connectivity index (χ1n) is 5.97. The van der Waals surface area contributed by atoms with Crippen molar-refractivity contribution in [1.29, 1.82) is 5.41 Å². The monoisotopic (exact) mass is 273 g/mol. The highest BCUT2D eigenvalue weighted by atomic mass is 32.1. The Kier molecular flexibility index (Phi) is 3.90. The number of ether oxygens (including phenoxy) is 1. The van der Waals surface area contributed by atoms with Crippen molar-refractivity contribution in [2.75, 3.05) is 0 Å². The van der Waals surface area contributed by atoms with Gasteiger partial charge in [0.05, 0.1) is 0 Å². The number of hydrogen-bond acceptors (Lipinski definition) is 3. The molecule has 98 valence electrons. The van der Waals surface area contributed by atoms with Crippen molar-refractivity contribution in [3.05, 3.63) is 52.6 Å². The van der Waals surface area contributed by atoms with Gasteiger partial charge in [-0.15, -0.1) is 0 Å². The van der Waals surface area contributed by atoms with E-state index in [0.717, 1.165) is 5.56 Å². The van der Waals surface area contributed by atoms with E-state index < -0.39 is 5.30 Å². The van der Waals surface area contributed by atoms with Gasteiger partial charge in [0.1, 0.15) is 0 Å². The predicted octanol–water partition coefficient (Wildman–Crippen LogP) is 4.15. The van der Waals surface area contributed by atoms with Crippen LogP contribution in [0.1, 0.15) is 36.5 Å². The molecule has 0 amide bonds. The Balaban J connectivity index is 2.38. The second-order valence-corrected chi connectivity index (χ2v) is 4.90. The average Bonchev–Trinajstić information content (AvgIpc) is 2.49. The van der Waals surface area contributed by atoms with Gasteiger partial charge in [-0.3, -0.25) is 5.41 Å². The lowest BCUT2D eigenvalue weighted by Crippen LogP contribution is -2.08. The molecule has 0 bridgehead atoms. The molecule has 1 aromatic carbocycles. The highest BCUT2D eigenvalue weighted by Gasteiger charge is 2.15. The zero-order valence-corrected chi connectivity index (χ0v) is 11.7. The number of carbonyl (C=O) groups is 1. The molecule has 0 saturated carbocycles.